The summed E-state index contributed by atoms with van der Waals surface area (Å²) in [5.74, 6) is -0.276. The van der Waals surface area contributed by atoms with E-state index in [9.17, 15) is 9.59 Å². The Hall–Kier alpha value is -2.71. The van der Waals surface area contributed by atoms with Crippen molar-refractivity contribution in [3.05, 3.63) is 42.1 Å². The highest BCUT2D eigenvalue weighted by Crippen LogP contribution is 2.21. The SMILES string of the molecule is CCOC(=O)c1cnn(-c2ccccc2)c1NC(=O)C[NH+]1CC[NH+](C)CC1. The number of ether oxygens (including phenoxy) is 1. The van der Waals surface area contributed by atoms with Gasteiger partial charge in [-0.3, -0.25) is 4.79 Å². The molecule has 0 unspecified atom stereocenters. The van der Waals surface area contributed by atoms with Crippen LogP contribution in [0.15, 0.2) is 36.5 Å². The zero-order chi connectivity index (χ0) is 19.2. The molecule has 0 bridgehead atoms. The van der Waals surface area contributed by atoms with Crippen LogP contribution in [0.3, 0.4) is 0 Å². The van der Waals surface area contributed by atoms with E-state index in [-0.39, 0.29) is 18.1 Å². The molecule has 1 fully saturated rings. The fourth-order valence-electron chi connectivity index (χ4n) is 3.20. The molecule has 3 rings (SSSR count). The second-order valence-corrected chi connectivity index (χ2v) is 6.81. The predicted molar refractivity (Wildman–Crippen MR) is 100 cm³/mol. The quantitative estimate of drug-likeness (QED) is 0.533. The Morgan fingerprint density at radius 3 is 2.56 bits per heavy atom. The Morgan fingerprint density at radius 2 is 1.89 bits per heavy atom. The van der Waals surface area contributed by atoms with E-state index in [1.807, 2.05) is 30.3 Å². The van der Waals surface area contributed by atoms with Gasteiger partial charge in [-0.15, -0.1) is 0 Å². The van der Waals surface area contributed by atoms with Gasteiger partial charge in [0, 0.05) is 0 Å². The topological polar surface area (TPSA) is 82.1 Å². The molecule has 27 heavy (non-hydrogen) atoms. The first kappa shape index (κ1) is 19.1. The van der Waals surface area contributed by atoms with Crippen molar-refractivity contribution < 1.29 is 24.1 Å². The lowest BCUT2D eigenvalue weighted by Gasteiger charge is -2.26. The zero-order valence-corrected chi connectivity index (χ0v) is 15.8. The Bertz CT molecular complexity index is 782. The van der Waals surface area contributed by atoms with Crippen LogP contribution in [0.4, 0.5) is 5.82 Å². The van der Waals surface area contributed by atoms with Crippen molar-refractivity contribution in [2.45, 2.75) is 6.92 Å². The van der Waals surface area contributed by atoms with E-state index in [1.165, 1.54) is 16.0 Å². The van der Waals surface area contributed by atoms with Crippen LogP contribution in [0.2, 0.25) is 0 Å². The molecule has 0 aliphatic carbocycles. The molecule has 8 nitrogen and oxygen atoms in total. The summed E-state index contributed by atoms with van der Waals surface area (Å²) in [6.07, 6.45) is 1.44. The minimum Gasteiger partial charge on any atom is -0.462 e. The lowest BCUT2D eigenvalue weighted by atomic mass is 10.3. The minimum absolute atomic E-state index is 0.132. The van der Waals surface area contributed by atoms with Gasteiger partial charge in [0.25, 0.3) is 5.91 Å². The molecule has 2 aromatic rings. The van der Waals surface area contributed by atoms with Crippen LogP contribution >= 0.6 is 0 Å². The second kappa shape index (κ2) is 8.79. The maximum Gasteiger partial charge on any atom is 0.343 e. The number of nitrogens with one attached hydrogen (secondary N) is 3. The van der Waals surface area contributed by atoms with Gasteiger partial charge in [0.1, 0.15) is 31.7 Å². The fraction of sp³-hybridized carbons (Fsp3) is 0.421. The molecule has 0 radical (unpaired) electrons. The first-order valence-corrected chi connectivity index (χ1v) is 9.33. The molecule has 1 aromatic carbocycles. The number of hydrogen-bond donors (Lipinski definition) is 3. The predicted octanol–water partition coefficient (Wildman–Crippen LogP) is -1.60. The Labute approximate surface area is 158 Å². The van der Waals surface area contributed by atoms with E-state index in [2.05, 4.69) is 17.5 Å². The zero-order valence-electron chi connectivity index (χ0n) is 15.8. The summed E-state index contributed by atoms with van der Waals surface area (Å²) in [5, 5.41) is 7.18. The number of esters is 1. The molecule has 144 valence electrons. The number of amides is 1. The average molecular weight is 373 g/mol. The molecule has 1 aliphatic heterocycles. The van der Waals surface area contributed by atoms with Crippen LogP contribution < -0.4 is 15.1 Å². The summed E-state index contributed by atoms with van der Waals surface area (Å²) in [6, 6.07) is 9.39. The Balaban J connectivity index is 1.80. The van der Waals surface area contributed by atoms with Crippen molar-refractivity contribution in [1.82, 2.24) is 9.78 Å². The van der Waals surface area contributed by atoms with Gasteiger partial charge in [0.2, 0.25) is 0 Å². The number of carbonyl (C=O) groups is 2. The summed E-state index contributed by atoms with van der Waals surface area (Å²) < 4.78 is 6.67. The molecule has 1 amide bonds. The van der Waals surface area contributed by atoms with Crippen molar-refractivity contribution in [3.8, 4) is 5.69 Å². The van der Waals surface area contributed by atoms with Crippen LogP contribution in [-0.2, 0) is 9.53 Å². The third-order valence-corrected chi connectivity index (χ3v) is 4.74. The molecule has 8 heteroatoms. The van der Waals surface area contributed by atoms with Crippen molar-refractivity contribution in [2.24, 2.45) is 0 Å². The maximum atomic E-state index is 12.6. The minimum atomic E-state index is -0.495. The van der Waals surface area contributed by atoms with E-state index < -0.39 is 5.97 Å². The largest absolute Gasteiger partial charge is 0.462 e. The summed E-state index contributed by atoms with van der Waals surface area (Å²) in [4.78, 5) is 27.7. The summed E-state index contributed by atoms with van der Waals surface area (Å²) >= 11 is 0. The summed E-state index contributed by atoms with van der Waals surface area (Å²) in [6.45, 7) is 6.41. The van der Waals surface area contributed by atoms with Gasteiger partial charge in [-0.2, -0.15) is 5.10 Å². The molecule has 0 atom stereocenters. The van der Waals surface area contributed by atoms with E-state index in [0.717, 1.165) is 31.9 Å². The van der Waals surface area contributed by atoms with Crippen LogP contribution in [0.25, 0.3) is 5.69 Å². The monoisotopic (exact) mass is 373 g/mol. The van der Waals surface area contributed by atoms with Crippen molar-refractivity contribution in [2.75, 3.05) is 51.7 Å². The molecule has 1 aromatic heterocycles. The average Bonchev–Trinajstić information content (AvgIpc) is 3.08. The van der Waals surface area contributed by atoms with E-state index in [4.69, 9.17) is 4.74 Å². The molecular formula is C19H27N5O3+2. The highest BCUT2D eigenvalue weighted by atomic mass is 16.5. The molecule has 0 saturated carbocycles. The normalized spacial score (nSPS) is 19.5. The van der Waals surface area contributed by atoms with Crippen LogP contribution in [0, 0.1) is 0 Å². The van der Waals surface area contributed by atoms with Gasteiger partial charge in [-0.05, 0) is 19.1 Å². The number of hydrogen-bond acceptors (Lipinski definition) is 4. The van der Waals surface area contributed by atoms with Gasteiger partial charge in [-0.1, -0.05) is 18.2 Å². The van der Waals surface area contributed by atoms with Crippen molar-refractivity contribution >= 4 is 17.7 Å². The molecule has 1 aliphatic rings. The Morgan fingerprint density at radius 1 is 1.19 bits per heavy atom. The van der Waals surface area contributed by atoms with Gasteiger partial charge in [0.15, 0.2) is 12.4 Å². The number of benzene rings is 1. The van der Waals surface area contributed by atoms with Gasteiger partial charge in [-0.25, -0.2) is 9.48 Å². The van der Waals surface area contributed by atoms with E-state index in [0.29, 0.717) is 12.4 Å². The highest BCUT2D eigenvalue weighted by Gasteiger charge is 2.25. The first-order valence-electron chi connectivity index (χ1n) is 9.33. The number of anilines is 1. The lowest BCUT2D eigenvalue weighted by molar-refractivity contribution is -0.999. The molecule has 2 heterocycles. The number of nitrogens with zero attached hydrogens (tertiary/aromatic N) is 2. The van der Waals surface area contributed by atoms with E-state index in [1.54, 1.807) is 11.6 Å². The number of piperazine rings is 1. The Kier molecular flexibility index (Phi) is 6.20. The van der Waals surface area contributed by atoms with Crippen molar-refractivity contribution in [3.63, 3.8) is 0 Å². The number of likely N-dealkylation sites (N-methyl/N-ethyl adjacent to an activating group) is 1. The maximum absolute atomic E-state index is 12.6. The van der Waals surface area contributed by atoms with Crippen molar-refractivity contribution in [1.29, 1.82) is 0 Å². The standard InChI is InChI=1S/C19H25N5O3/c1-3-27-19(26)16-13-20-24(15-7-5-4-6-8-15)18(16)21-17(25)14-23-11-9-22(2)10-12-23/h4-8,13H,3,9-12,14H2,1-2H3,(H,21,25)/p+2. The number of carbonyl (C=O) groups excluding carboxylic acids is 2. The summed E-state index contributed by atoms with van der Waals surface area (Å²) in [7, 11) is 2.17. The second-order valence-electron chi connectivity index (χ2n) is 6.81. The number of aromatic nitrogens is 2. The smallest absolute Gasteiger partial charge is 0.343 e. The number of rotatable bonds is 6. The van der Waals surface area contributed by atoms with E-state index >= 15 is 0 Å². The third-order valence-electron chi connectivity index (χ3n) is 4.74. The van der Waals surface area contributed by atoms with Crippen LogP contribution in [0.5, 0.6) is 0 Å². The first-order chi connectivity index (χ1) is 13.1. The van der Waals surface area contributed by atoms with Crippen LogP contribution in [0.1, 0.15) is 17.3 Å². The fourth-order valence-corrected chi connectivity index (χ4v) is 3.20. The molecular weight excluding hydrogens is 346 g/mol. The van der Waals surface area contributed by atoms with Gasteiger partial charge >= 0.3 is 5.97 Å². The number of quaternary nitrogens is 2. The highest BCUT2D eigenvalue weighted by molar-refractivity contribution is 6.00. The number of para-hydroxylation sites is 1. The lowest BCUT2D eigenvalue weighted by Crippen LogP contribution is -3.27. The molecule has 1 saturated heterocycles. The molecule has 0 spiro atoms. The van der Waals surface area contributed by atoms with Gasteiger partial charge < -0.3 is 19.9 Å². The third kappa shape index (κ3) is 4.72. The summed E-state index contributed by atoms with van der Waals surface area (Å²) in [5.41, 5.74) is 1.02. The molecule has 3 N–H and O–H groups in total. The van der Waals surface area contributed by atoms with Crippen LogP contribution in [-0.4, -0.2) is 68.0 Å². The van der Waals surface area contributed by atoms with Gasteiger partial charge in [0.05, 0.1) is 25.5 Å².